The zero-order valence-electron chi connectivity index (χ0n) is 41.2. The van der Waals surface area contributed by atoms with E-state index >= 15 is 0 Å². The number of benzene rings is 6. The highest BCUT2D eigenvalue weighted by molar-refractivity contribution is 6.76. The molecule has 0 aromatic heterocycles. The molecular weight excluding hydrogens is 913 g/mol. The molecule has 10 atom stereocenters. The molecule has 2 aliphatic heterocycles. The van der Waals surface area contributed by atoms with Crippen molar-refractivity contribution in [3.8, 4) is 0 Å². The second-order valence-electron chi connectivity index (χ2n) is 19.4. The number of aliphatic hydroxyl groups is 1. The molecule has 8 rings (SSSR count). The van der Waals surface area contributed by atoms with E-state index in [1.165, 1.54) is 0 Å². The van der Waals surface area contributed by atoms with Gasteiger partial charge in [0.2, 0.25) is 0 Å². The highest BCUT2D eigenvalue weighted by atomic mass is 28.3. The molecule has 0 bridgehead atoms. The third-order valence-electron chi connectivity index (χ3n) is 12.6. The summed E-state index contributed by atoms with van der Waals surface area (Å²) in [5.74, 6) is 0. The molecule has 11 nitrogen and oxygen atoms in total. The van der Waals surface area contributed by atoms with E-state index in [9.17, 15) is 5.11 Å². The van der Waals surface area contributed by atoms with Crippen LogP contribution in [0.15, 0.2) is 182 Å². The van der Waals surface area contributed by atoms with E-state index in [0.717, 1.165) is 39.4 Å². The van der Waals surface area contributed by atoms with Crippen LogP contribution in [0.3, 0.4) is 0 Å². The van der Waals surface area contributed by atoms with E-state index in [0.29, 0.717) is 19.8 Å². The Labute approximate surface area is 420 Å². The molecule has 2 fully saturated rings. The summed E-state index contributed by atoms with van der Waals surface area (Å²) >= 11 is 0. The maximum atomic E-state index is 12.7. The molecule has 0 saturated carbocycles. The summed E-state index contributed by atoms with van der Waals surface area (Å²) in [6, 6.07) is 60.6. The lowest BCUT2D eigenvalue weighted by atomic mass is 9.96. The van der Waals surface area contributed by atoms with Crippen molar-refractivity contribution in [3.63, 3.8) is 0 Å². The summed E-state index contributed by atoms with van der Waals surface area (Å²) < 4.78 is 68.4. The van der Waals surface area contributed by atoms with Gasteiger partial charge in [-0.25, -0.2) is 0 Å². The first-order valence-corrected chi connectivity index (χ1v) is 28.6. The molecular formula is C59H70O11Si. The van der Waals surface area contributed by atoms with Crippen LogP contribution in [0.1, 0.15) is 33.4 Å². The second kappa shape index (κ2) is 27.2. The fraction of sp³-hybridized carbons (Fsp3) is 0.390. The molecule has 2 aliphatic rings. The number of hydrogen-bond donors (Lipinski definition) is 1. The maximum absolute atomic E-state index is 12.7. The van der Waals surface area contributed by atoms with Crippen LogP contribution in [0.2, 0.25) is 25.7 Å². The maximum Gasteiger partial charge on any atom is 0.187 e. The zero-order chi connectivity index (χ0) is 49.1. The van der Waals surface area contributed by atoms with Crippen molar-refractivity contribution in [2.45, 2.75) is 127 Å². The van der Waals surface area contributed by atoms with Crippen LogP contribution >= 0.6 is 0 Å². The Morgan fingerprint density at radius 2 is 0.718 bits per heavy atom. The van der Waals surface area contributed by atoms with Gasteiger partial charge in [0.1, 0.15) is 48.8 Å². The Kier molecular flexibility index (Phi) is 20.1. The van der Waals surface area contributed by atoms with Gasteiger partial charge in [0.15, 0.2) is 12.6 Å². The minimum atomic E-state index is -1.52. The highest BCUT2D eigenvalue weighted by Gasteiger charge is 2.54. The SMILES string of the molecule is C[Si](C)(C)CCO[C@@H]1O[C@H](COCc2ccccc2)[C@H](O[C@H]2O[C@H](COCc3ccccc3)[C@H](OCc3ccccc3)[C@H](O)[C@H]2OCc2ccccc2)[C@H](OCc2ccccc2)[C@H]1OCc1ccccc1. The molecule has 0 amide bonds. The van der Waals surface area contributed by atoms with E-state index in [1.54, 1.807) is 0 Å². The van der Waals surface area contributed by atoms with Gasteiger partial charge in [-0.2, -0.15) is 0 Å². The molecule has 376 valence electrons. The van der Waals surface area contributed by atoms with Crippen molar-refractivity contribution in [3.05, 3.63) is 215 Å². The van der Waals surface area contributed by atoms with Crippen molar-refractivity contribution in [2.75, 3.05) is 19.8 Å². The van der Waals surface area contributed by atoms with E-state index in [1.807, 2.05) is 182 Å². The van der Waals surface area contributed by atoms with Crippen LogP contribution in [0.5, 0.6) is 0 Å². The van der Waals surface area contributed by atoms with Crippen LogP contribution in [-0.4, -0.2) is 94.4 Å². The fourth-order valence-corrected chi connectivity index (χ4v) is 9.37. The van der Waals surface area contributed by atoms with Crippen molar-refractivity contribution >= 4 is 8.07 Å². The normalized spacial score (nSPS) is 24.7. The Hall–Kier alpha value is -4.90. The third-order valence-corrected chi connectivity index (χ3v) is 14.3. The standard InChI is InChI=1S/C59H70O11Si/c1-71(2,3)35-34-63-58-57(67-41-49-32-20-9-21-33-49)56(66-40-48-30-18-8-19-31-48)54(51(68-58)43-62-37-45-24-12-5-13-25-45)70-59-55(65-39-47-28-16-7-17-29-47)52(60)53(64-38-46-26-14-6-15-27-46)50(69-59)42-61-36-44-22-10-4-11-23-44/h4-33,50-60H,34-43H2,1-3H3/t50-,51-,52+,53+,54+,55-,56+,57-,58-,59-/m1/s1. The number of ether oxygens (including phenoxy) is 10. The van der Waals surface area contributed by atoms with Gasteiger partial charge in [0.05, 0.1) is 52.9 Å². The molecule has 71 heavy (non-hydrogen) atoms. The summed E-state index contributed by atoms with van der Waals surface area (Å²) in [7, 11) is -1.52. The van der Waals surface area contributed by atoms with Gasteiger partial charge in [0.25, 0.3) is 0 Å². The molecule has 6 aromatic carbocycles. The molecule has 6 aromatic rings. The van der Waals surface area contributed by atoms with Crippen LogP contribution in [-0.2, 0) is 87.0 Å². The summed E-state index contributed by atoms with van der Waals surface area (Å²) in [6.45, 7) is 9.20. The van der Waals surface area contributed by atoms with Gasteiger partial charge in [0, 0.05) is 14.7 Å². The topological polar surface area (TPSA) is 113 Å². The Bertz CT molecular complexity index is 2360. The van der Waals surface area contributed by atoms with E-state index in [2.05, 4.69) is 19.6 Å². The largest absolute Gasteiger partial charge is 0.387 e. The minimum absolute atomic E-state index is 0.0885. The predicted octanol–water partition coefficient (Wildman–Crippen LogP) is 10.3. The molecule has 0 aliphatic carbocycles. The smallest absolute Gasteiger partial charge is 0.187 e. The van der Waals surface area contributed by atoms with Crippen LogP contribution in [0, 0.1) is 0 Å². The van der Waals surface area contributed by atoms with Gasteiger partial charge in [-0.05, 0) is 39.4 Å². The summed E-state index contributed by atoms with van der Waals surface area (Å²) in [4.78, 5) is 0. The Balaban J connectivity index is 1.16. The first-order valence-electron chi connectivity index (χ1n) is 24.9. The molecule has 0 radical (unpaired) electrons. The quantitative estimate of drug-likeness (QED) is 0.0524. The zero-order valence-corrected chi connectivity index (χ0v) is 42.2. The molecule has 12 heteroatoms. The van der Waals surface area contributed by atoms with Gasteiger partial charge in [-0.15, -0.1) is 0 Å². The Morgan fingerprint density at radius 1 is 0.380 bits per heavy atom. The number of rotatable bonds is 26. The van der Waals surface area contributed by atoms with E-state index in [-0.39, 0.29) is 39.6 Å². The first-order chi connectivity index (χ1) is 34.8. The van der Waals surface area contributed by atoms with E-state index < -0.39 is 69.5 Å². The minimum Gasteiger partial charge on any atom is -0.387 e. The average molecular weight is 983 g/mol. The van der Waals surface area contributed by atoms with Crippen LogP contribution in [0.4, 0.5) is 0 Å². The fourth-order valence-electron chi connectivity index (χ4n) is 8.64. The first kappa shape index (κ1) is 52.4. The van der Waals surface area contributed by atoms with Gasteiger partial charge >= 0.3 is 0 Å². The van der Waals surface area contributed by atoms with Crippen LogP contribution in [0.25, 0.3) is 0 Å². The van der Waals surface area contributed by atoms with Crippen molar-refractivity contribution in [1.29, 1.82) is 0 Å². The predicted molar refractivity (Wildman–Crippen MR) is 275 cm³/mol. The summed E-state index contributed by atoms with van der Waals surface area (Å²) in [5.41, 5.74) is 5.82. The van der Waals surface area contributed by atoms with Crippen molar-refractivity contribution in [1.82, 2.24) is 0 Å². The average Bonchev–Trinajstić information content (AvgIpc) is 3.39. The lowest BCUT2D eigenvalue weighted by Gasteiger charge is -2.49. The molecule has 0 unspecified atom stereocenters. The lowest BCUT2D eigenvalue weighted by Crippen LogP contribution is -2.66. The number of hydrogen-bond acceptors (Lipinski definition) is 11. The third kappa shape index (κ3) is 16.3. The monoisotopic (exact) mass is 982 g/mol. The lowest BCUT2D eigenvalue weighted by molar-refractivity contribution is -0.375. The van der Waals surface area contributed by atoms with Gasteiger partial charge < -0.3 is 52.5 Å². The molecule has 2 saturated heterocycles. The Morgan fingerprint density at radius 3 is 1.13 bits per heavy atom. The molecule has 0 spiro atoms. The summed E-state index contributed by atoms with van der Waals surface area (Å²) in [6.07, 6.45) is -9.19. The van der Waals surface area contributed by atoms with Crippen molar-refractivity contribution < 1.29 is 52.5 Å². The highest BCUT2D eigenvalue weighted by Crippen LogP contribution is 2.36. The van der Waals surface area contributed by atoms with Crippen LogP contribution < -0.4 is 0 Å². The molecule has 1 N–H and O–H groups in total. The van der Waals surface area contributed by atoms with Gasteiger partial charge in [-0.3, -0.25) is 0 Å². The number of aliphatic hydroxyl groups excluding tert-OH is 1. The summed E-state index contributed by atoms with van der Waals surface area (Å²) in [5, 5.41) is 12.7. The second-order valence-corrected chi connectivity index (χ2v) is 25.0. The van der Waals surface area contributed by atoms with E-state index in [4.69, 9.17) is 47.4 Å². The molecule has 2 heterocycles. The van der Waals surface area contributed by atoms with Gasteiger partial charge in [-0.1, -0.05) is 202 Å². The van der Waals surface area contributed by atoms with Crippen molar-refractivity contribution in [2.24, 2.45) is 0 Å².